The minimum atomic E-state index is 0.0920. The van der Waals surface area contributed by atoms with Crippen LogP contribution in [0.4, 0.5) is 0 Å². The highest BCUT2D eigenvalue weighted by molar-refractivity contribution is 5.84. The van der Waals surface area contributed by atoms with E-state index in [-0.39, 0.29) is 5.41 Å². The van der Waals surface area contributed by atoms with E-state index in [0.717, 1.165) is 32.1 Å². The third kappa shape index (κ3) is 2.47. The van der Waals surface area contributed by atoms with E-state index in [4.69, 9.17) is 0 Å². The van der Waals surface area contributed by atoms with Gasteiger partial charge in [-0.15, -0.1) is 0 Å². The molecule has 0 aliphatic heterocycles. The molecule has 0 aromatic heterocycles. The number of benzene rings is 1. The Morgan fingerprint density at radius 1 is 1.27 bits per heavy atom. The van der Waals surface area contributed by atoms with E-state index in [1.807, 2.05) is 6.07 Å². The van der Waals surface area contributed by atoms with Crippen LogP contribution in [0.15, 0.2) is 30.3 Å². The first kappa shape index (κ1) is 10.4. The molecule has 0 N–H and O–H groups in total. The van der Waals surface area contributed by atoms with Gasteiger partial charge in [0.25, 0.3) is 0 Å². The Kier molecular flexibility index (Phi) is 2.90. The van der Waals surface area contributed by atoms with Crippen LogP contribution in [0, 0.1) is 5.41 Å². The van der Waals surface area contributed by atoms with Gasteiger partial charge in [-0.2, -0.15) is 0 Å². The SMILES string of the molecule is CC(=O)C1(CCCc2ccccc2)CC1. The first-order valence-corrected chi connectivity index (χ1v) is 5.78. The summed E-state index contributed by atoms with van der Waals surface area (Å²) in [5, 5.41) is 0. The van der Waals surface area contributed by atoms with Crippen molar-refractivity contribution in [3.05, 3.63) is 35.9 Å². The van der Waals surface area contributed by atoms with Gasteiger partial charge >= 0.3 is 0 Å². The maximum absolute atomic E-state index is 11.4. The molecular weight excluding hydrogens is 184 g/mol. The lowest BCUT2D eigenvalue weighted by Crippen LogP contribution is -2.11. The molecule has 15 heavy (non-hydrogen) atoms. The monoisotopic (exact) mass is 202 g/mol. The van der Waals surface area contributed by atoms with Crippen molar-refractivity contribution < 1.29 is 4.79 Å². The van der Waals surface area contributed by atoms with E-state index in [2.05, 4.69) is 24.3 Å². The summed E-state index contributed by atoms with van der Waals surface area (Å²) < 4.78 is 0. The van der Waals surface area contributed by atoms with E-state index < -0.39 is 0 Å². The fourth-order valence-electron chi connectivity index (χ4n) is 2.20. The second-order valence-corrected chi connectivity index (χ2v) is 4.68. The minimum Gasteiger partial charge on any atom is -0.299 e. The Bertz CT molecular complexity index is 336. The van der Waals surface area contributed by atoms with Gasteiger partial charge < -0.3 is 0 Å². The molecule has 1 aliphatic rings. The van der Waals surface area contributed by atoms with Crippen molar-refractivity contribution >= 4 is 5.78 Å². The van der Waals surface area contributed by atoms with Crippen molar-refractivity contribution in [2.24, 2.45) is 5.41 Å². The Morgan fingerprint density at radius 2 is 1.93 bits per heavy atom. The molecular formula is C14H18O. The zero-order valence-corrected chi connectivity index (χ0v) is 9.33. The van der Waals surface area contributed by atoms with Crippen LogP contribution in [-0.4, -0.2) is 5.78 Å². The summed E-state index contributed by atoms with van der Waals surface area (Å²) in [5.41, 5.74) is 1.48. The van der Waals surface area contributed by atoms with Crippen molar-refractivity contribution in [2.45, 2.75) is 39.0 Å². The van der Waals surface area contributed by atoms with Crippen LogP contribution in [0.3, 0.4) is 0 Å². The normalized spacial score (nSPS) is 17.4. The Hall–Kier alpha value is -1.11. The minimum absolute atomic E-state index is 0.0920. The second kappa shape index (κ2) is 4.18. The average Bonchev–Trinajstić information content (AvgIpc) is 3.01. The Balaban J connectivity index is 1.79. The van der Waals surface area contributed by atoms with Crippen LogP contribution in [-0.2, 0) is 11.2 Å². The molecule has 0 unspecified atom stereocenters. The molecule has 0 saturated heterocycles. The summed E-state index contributed by atoms with van der Waals surface area (Å²) in [5.74, 6) is 0.399. The van der Waals surface area contributed by atoms with Gasteiger partial charge in [0.05, 0.1) is 0 Å². The molecule has 2 rings (SSSR count). The lowest BCUT2D eigenvalue weighted by atomic mass is 9.93. The molecule has 0 spiro atoms. The topological polar surface area (TPSA) is 17.1 Å². The molecule has 1 aromatic carbocycles. The third-order valence-electron chi connectivity index (χ3n) is 3.56. The standard InChI is InChI=1S/C14H18O/c1-12(15)14(10-11-14)9-5-8-13-6-3-2-4-7-13/h2-4,6-7H,5,8-11H2,1H3. The predicted molar refractivity (Wildman–Crippen MR) is 61.7 cm³/mol. The molecule has 0 atom stereocenters. The molecule has 0 radical (unpaired) electrons. The predicted octanol–water partition coefficient (Wildman–Crippen LogP) is 3.38. The van der Waals surface area contributed by atoms with E-state index in [1.165, 1.54) is 5.56 Å². The van der Waals surface area contributed by atoms with Crippen LogP contribution in [0.1, 0.15) is 38.2 Å². The largest absolute Gasteiger partial charge is 0.299 e. The molecule has 80 valence electrons. The van der Waals surface area contributed by atoms with Crippen LogP contribution >= 0.6 is 0 Å². The van der Waals surface area contributed by atoms with Crippen molar-refractivity contribution in [2.75, 3.05) is 0 Å². The molecule has 1 heteroatoms. The molecule has 1 nitrogen and oxygen atoms in total. The number of carbonyl (C=O) groups excluding carboxylic acids is 1. The molecule has 1 saturated carbocycles. The Morgan fingerprint density at radius 3 is 2.47 bits per heavy atom. The van der Waals surface area contributed by atoms with Gasteiger partial charge in [0.15, 0.2) is 0 Å². The molecule has 0 heterocycles. The smallest absolute Gasteiger partial charge is 0.135 e. The molecule has 1 aromatic rings. The van der Waals surface area contributed by atoms with Crippen LogP contribution in [0.5, 0.6) is 0 Å². The van der Waals surface area contributed by atoms with Crippen molar-refractivity contribution in [3.63, 3.8) is 0 Å². The summed E-state index contributed by atoms with van der Waals surface area (Å²) in [6, 6.07) is 10.5. The molecule has 1 aliphatic carbocycles. The summed E-state index contributed by atoms with van der Waals surface area (Å²) in [6.07, 6.45) is 5.57. The van der Waals surface area contributed by atoms with Gasteiger partial charge in [-0.25, -0.2) is 0 Å². The lowest BCUT2D eigenvalue weighted by molar-refractivity contribution is -0.122. The summed E-state index contributed by atoms with van der Waals surface area (Å²) in [4.78, 5) is 11.4. The van der Waals surface area contributed by atoms with Gasteiger partial charge in [0, 0.05) is 5.41 Å². The van der Waals surface area contributed by atoms with Gasteiger partial charge in [-0.3, -0.25) is 4.79 Å². The average molecular weight is 202 g/mol. The van der Waals surface area contributed by atoms with E-state index in [9.17, 15) is 4.79 Å². The highest BCUT2D eigenvalue weighted by Crippen LogP contribution is 2.50. The number of Topliss-reactive ketones (excluding diaryl/α,β-unsaturated/α-hetero) is 1. The number of aryl methyl sites for hydroxylation is 1. The van der Waals surface area contributed by atoms with Crippen molar-refractivity contribution in [1.29, 1.82) is 0 Å². The zero-order chi connectivity index (χ0) is 10.7. The number of carbonyl (C=O) groups is 1. The van der Waals surface area contributed by atoms with Gasteiger partial charge in [0.1, 0.15) is 5.78 Å². The lowest BCUT2D eigenvalue weighted by Gasteiger charge is -2.10. The van der Waals surface area contributed by atoms with Crippen LogP contribution in [0.2, 0.25) is 0 Å². The van der Waals surface area contributed by atoms with Gasteiger partial charge in [-0.05, 0) is 44.6 Å². The van der Waals surface area contributed by atoms with Gasteiger partial charge in [-0.1, -0.05) is 30.3 Å². The second-order valence-electron chi connectivity index (χ2n) is 4.68. The van der Waals surface area contributed by atoms with E-state index in [1.54, 1.807) is 6.92 Å². The maximum Gasteiger partial charge on any atom is 0.135 e. The highest BCUT2D eigenvalue weighted by atomic mass is 16.1. The number of ketones is 1. The van der Waals surface area contributed by atoms with E-state index >= 15 is 0 Å². The van der Waals surface area contributed by atoms with Crippen molar-refractivity contribution in [1.82, 2.24) is 0 Å². The molecule has 0 bridgehead atoms. The molecule has 0 amide bonds. The fraction of sp³-hybridized carbons (Fsp3) is 0.500. The number of hydrogen-bond acceptors (Lipinski definition) is 1. The third-order valence-corrected chi connectivity index (χ3v) is 3.56. The fourth-order valence-corrected chi connectivity index (χ4v) is 2.20. The van der Waals surface area contributed by atoms with Crippen molar-refractivity contribution in [3.8, 4) is 0 Å². The Labute approximate surface area is 91.5 Å². The number of rotatable bonds is 5. The van der Waals surface area contributed by atoms with Crippen LogP contribution in [0.25, 0.3) is 0 Å². The van der Waals surface area contributed by atoms with Crippen LogP contribution < -0.4 is 0 Å². The molecule has 1 fully saturated rings. The summed E-state index contributed by atoms with van der Waals surface area (Å²) in [7, 11) is 0. The first-order chi connectivity index (χ1) is 7.23. The van der Waals surface area contributed by atoms with Gasteiger partial charge in [0.2, 0.25) is 0 Å². The maximum atomic E-state index is 11.4. The van der Waals surface area contributed by atoms with E-state index in [0.29, 0.717) is 5.78 Å². The quantitative estimate of drug-likeness (QED) is 0.715. The summed E-state index contributed by atoms with van der Waals surface area (Å²) >= 11 is 0. The zero-order valence-electron chi connectivity index (χ0n) is 9.33. The highest BCUT2D eigenvalue weighted by Gasteiger charge is 2.46. The number of hydrogen-bond donors (Lipinski definition) is 0. The summed E-state index contributed by atoms with van der Waals surface area (Å²) in [6.45, 7) is 1.75. The first-order valence-electron chi connectivity index (χ1n) is 5.78.